The molecular formula is C16H16N4O3S2. The molecule has 0 atom stereocenters. The van der Waals surface area contributed by atoms with Crippen LogP contribution in [0.4, 0.5) is 5.69 Å². The first-order chi connectivity index (χ1) is 12.0. The zero-order chi connectivity index (χ0) is 17.8. The predicted octanol–water partition coefficient (Wildman–Crippen LogP) is 3.24. The number of fused-ring (bicyclic) bond motifs is 1. The Labute approximate surface area is 152 Å². The van der Waals surface area contributed by atoms with Gasteiger partial charge >= 0.3 is 5.97 Å². The molecule has 1 aromatic carbocycles. The number of carbonyl (C=O) groups excluding carboxylic acids is 2. The number of carbonyl (C=O) groups is 2. The first-order valence-corrected chi connectivity index (χ1v) is 9.31. The molecule has 9 heteroatoms. The number of anilines is 1. The highest BCUT2D eigenvalue weighted by atomic mass is 32.2. The maximum atomic E-state index is 12.1. The van der Waals surface area contributed by atoms with Gasteiger partial charge in [-0.15, -0.1) is 11.3 Å². The van der Waals surface area contributed by atoms with Gasteiger partial charge in [0.15, 0.2) is 10.0 Å². The number of amides is 1. The van der Waals surface area contributed by atoms with Crippen molar-refractivity contribution in [1.29, 1.82) is 0 Å². The molecule has 0 aliphatic rings. The van der Waals surface area contributed by atoms with E-state index in [0.717, 1.165) is 20.3 Å². The summed E-state index contributed by atoms with van der Waals surface area (Å²) in [4.78, 5) is 27.4. The third-order valence-corrected chi connectivity index (χ3v) is 5.30. The Bertz CT molecular complexity index is 919. The number of ether oxygens (including phenoxy) is 1. The van der Waals surface area contributed by atoms with Crippen molar-refractivity contribution in [2.75, 3.05) is 17.7 Å². The van der Waals surface area contributed by atoms with Crippen LogP contribution in [0, 0.1) is 6.92 Å². The van der Waals surface area contributed by atoms with Crippen molar-refractivity contribution in [3.63, 3.8) is 0 Å². The second-order valence-corrected chi connectivity index (χ2v) is 7.61. The van der Waals surface area contributed by atoms with E-state index in [0.29, 0.717) is 23.7 Å². The molecular weight excluding hydrogens is 360 g/mol. The van der Waals surface area contributed by atoms with Gasteiger partial charge in [0.2, 0.25) is 0 Å². The first-order valence-electron chi connectivity index (χ1n) is 7.51. The number of aromatic nitrogens is 3. The van der Waals surface area contributed by atoms with Crippen LogP contribution in [0.3, 0.4) is 0 Å². The van der Waals surface area contributed by atoms with Gasteiger partial charge in [-0.05, 0) is 31.2 Å². The van der Waals surface area contributed by atoms with Gasteiger partial charge < -0.3 is 10.1 Å². The minimum atomic E-state index is -0.280. The number of rotatable bonds is 6. The summed E-state index contributed by atoms with van der Waals surface area (Å²) in [6, 6.07) is 7.26. The summed E-state index contributed by atoms with van der Waals surface area (Å²) < 4.78 is 6.78. The predicted molar refractivity (Wildman–Crippen MR) is 98.3 cm³/mol. The van der Waals surface area contributed by atoms with Crippen LogP contribution in [0.25, 0.3) is 10.2 Å². The van der Waals surface area contributed by atoms with E-state index in [2.05, 4.69) is 20.5 Å². The summed E-state index contributed by atoms with van der Waals surface area (Å²) >= 11 is 3.07. The van der Waals surface area contributed by atoms with Crippen LogP contribution in [-0.2, 0) is 9.53 Å². The maximum Gasteiger partial charge on any atom is 0.302 e. The molecule has 25 heavy (non-hydrogen) atoms. The molecule has 1 amide bonds. The minimum Gasteiger partial charge on any atom is -0.465 e. The lowest BCUT2D eigenvalue weighted by Gasteiger charge is -2.02. The van der Waals surface area contributed by atoms with Crippen LogP contribution in [0.15, 0.2) is 28.6 Å². The van der Waals surface area contributed by atoms with E-state index in [-0.39, 0.29) is 11.9 Å². The molecule has 0 unspecified atom stereocenters. The van der Waals surface area contributed by atoms with Gasteiger partial charge in [-0.2, -0.15) is 5.10 Å². The lowest BCUT2D eigenvalue weighted by molar-refractivity contribution is -0.140. The lowest BCUT2D eigenvalue weighted by atomic mass is 10.3. The maximum absolute atomic E-state index is 12.1. The highest BCUT2D eigenvalue weighted by molar-refractivity contribution is 8.01. The van der Waals surface area contributed by atoms with Gasteiger partial charge in [-0.3, -0.25) is 14.7 Å². The van der Waals surface area contributed by atoms with Gasteiger partial charge in [0.25, 0.3) is 5.91 Å². The number of H-pyrrole nitrogens is 1. The van der Waals surface area contributed by atoms with Crippen LogP contribution in [-0.4, -0.2) is 39.4 Å². The summed E-state index contributed by atoms with van der Waals surface area (Å²) in [5, 5.41) is 9.52. The number of thioether (sulfide) groups is 1. The Kier molecular flexibility index (Phi) is 5.34. The van der Waals surface area contributed by atoms with Crippen molar-refractivity contribution in [3.05, 3.63) is 35.7 Å². The van der Waals surface area contributed by atoms with Gasteiger partial charge in [0, 0.05) is 24.1 Å². The van der Waals surface area contributed by atoms with E-state index < -0.39 is 0 Å². The second-order valence-electron chi connectivity index (χ2n) is 5.24. The molecule has 0 bridgehead atoms. The van der Waals surface area contributed by atoms with Crippen molar-refractivity contribution < 1.29 is 14.3 Å². The number of benzene rings is 1. The average molecular weight is 376 g/mol. The number of thiazole rings is 1. The Hall–Kier alpha value is -2.39. The van der Waals surface area contributed by atoms with E-state index in [4.69, 9.17) is 4.74 Å². The summed E-state index contributed by atoms with van der Waals surface area (Å²) in [6.07, 6.45) is 0. The fraction of sp³-hybridized carbons (Fsp3) is 0.250. The normalized spacial score (nSPS) is 10.8. The van der Waals surface area contributed by atoms with Crippen LogP contribution in [0.1, 0.15) is 23.1 Å². The Morgan fingerprint density at radius 2 is 2.20 bits per heavy atom. The number of hydrogen-bond acceptors (Lipinski definition) is 7. The number of aryl methyl sites for hydroxylation is 1. The van der Waals surface area contributed by atoms with Crippen LogP contribution in [0.5, 0.6) is 0 Å². The zero-order valence-electron chi connectivity index (χ0n) is 13.7. The molecule has 0 fully saturated rings. The molecule has 0 aliphatic heterocycles. The first kappa shape index (κ1) is 17.4. The Morgan fingerprint density at radius 1 is 1.36 bits per heavy atom. The molecule has 7 nitrogen and oxygen atoms in total. The van der Waals surface area contributed by atoms with Gasteiger partial charge in [0.05, 0.1) is 10.2 Å². The van der Waals surface area contributed by atoms with Gasteiger partial charge in [-0.25, -0.2) is 4.98 Å². The van der Waals surface area contributed by atoms with E-state index in [1.54, 1.807) is 6.07 Å². The third kappa shape index (κ3) is 4.58. The fourth-order valence-corrected chi connectivity index (χ4v) is 4.08. The second kappa shape index (κ2) is 7.66. The number of nitrogens with zero attached hydrogens (tertiary/aromatic N) is 2. The summed E-state index contributed by atoms with van der Waals surface area (Å²) in [7, 11) is 0. The molecule has 0 aliphatic carbocycles. The highest BCUT2D eigenvalue weighted by Crippen LogP contribution is 2.31. The zero-order valence-corrected chi connectivity index (χ0v) is 15.3. The quantitative estimate of drug-likeness (QED) is 0.389. The number of aromatic amines is 1. The molecule has 3 aromatic rings. The fourth-order valence-electron chi connectivity index (χ4n) is 2.09. The largest absolute Gasteiger partial charge is 0.465 e. The molecule has 3 rings (SSSR count). The Morgan fingerprint density at radius 3 is 2.92 bits per heavy atom. The molecule has 2 aromatic heterocycles. The van der Waals surface area contributed by atoms with Gasteiger partial charge in [-0.1, -0.05) is 11.8 Å². The Balaban J connectivity index is 1.65. The third-order valence-electron chi connectivity index (χ3n) is 3.18. The molecule has 0 saturated carbocycles. The highest BCUT2D eigenvalue weighted by Gasteiger charge is 2.11. The van der Waals surface area contributed by atoms with Crippen molar-refractivity contribution in [3.8, 4) is 0 Å². The number of hydrogen-bond donors (Lipinski definition) is 2. The number of esters is 1. The van der Waals surface area contributed by atoms with Crippen molar-refractivity contribution >= 4 is 50.9 Å². The lowest BCUT2D eigenvalue weighted by Crippen LogP contribution is -2.12. The van der Waals surface area contributed by atoms with Crippen LogP contribution in [0.2, 0.25) is 0 Å². The summed E-state index contributed by atoms with van der Waals surface area (Å²) in [6.45, 7) is 3.59. The molecule has 0 spiro atoms. The van der Waals surface area contributed by atoms with Crippen LogP contribution < -0.4 is 5.32 Å². The van der Waals surface area contributed by atoms with E-state index in [9.17, 15) is 9.59 Å². The van der Waals surface area contributed by atoms with Gasteiger partial charge in [0.1, 0.15) is 6.61 Å². The van der Waals surface area contributed by atoms with E-state index in [1.807, 2.05) is 25.1 Å². The summed E-state index contributed by atoms with van der Waals surface area (Å²) in [5.41, 5.74) is 2.74. The van der Waals surface area contributed by atoms with Crippen LogP contribution >= 0.6 is 23.1 Å². The van der Waals surface area contributed by atoms with Crippen molar-refractivity contribution in [2.24, 2.45) is 0 Å². The average Bonchev–Trinajstić information content (AvgIpc) is 3.17. The van der Waals surface area contributed by atoms with E-state index >= 15 is 0 Å². The SMILES string of the molecule is CC(=O)OCCSc1nc2ccc(NC(=O)c3cc(C)[nH]n3)cc2s1. The van der Waals surface area contributed by atoms with Crippen molar-refractivity contribution in [1.82, 2.24) is 15.2 Å². The molecule has 130 valence electrons. The molecule has 0 saturated heterocycles. The molecule has 2 heterocycles. The standard InChI is InChI=1S/C16H16N4O3S2/c1-9-7-13(20-19-9)15(22)17-11-3-4-12-14(8-11)25-16(18-12)24-6-5-23-10(2)21/h3-4,7-8H,5-6H2,1-2H3,(H,17,22)(H,19,20). The topological polar surface area (TPSA) is 97.0 Å². The van der Waals surface area contributed by atoms with E-state index in [1.165, 1.54) is 30.0 Å². The summed E-state index contributed by atoms with van der Waals surface area (Å²) in [5.74, 6) is 0.114. The molecule has 2 N–H and O–H groups in total. The van der Waals surface area contributed by atoms with Crippen molar-refractivity contribution in [2.45, 2.75) is 18.2 Å². The smallest absolute Gasteiger partial charge is 0.302 e. The monoisotopic (exact) mass is 376 g/mol. The molecule has 0 radical (unpaired) electrons. The minimum absolute atomic E-state index is 0.260. The number of nitrogens with one attached hydrogen (secondary N) is 2.